The van der Waals surface area contributed by atoms with Gasteiger partial charge in [0.25, 0.3) is 0 Å². The zero-order valence-corrected chi connectivity index (χ0v) is 14.2. The van der Waals surface area contributed by atoms with Gasteiger partial charge in [0, 0.05) is 13.0 Å². The van der Waals surface area contributed by atoms with Crippen molar-refractivity contribution in [1.29, 1.82) is 0 Å². The monoisotopic (exact) mass is 404 g/mol. The minimum atomic E-state index is -1.59. The first-order valence-corrected chi connectivity index (χ1v) is 8.17. The van der Waals surface area contributed by atoms with Crippen molar-refractivity contribution < 1.29 is 27.0 Å². The van der Waals surface area contributed by atoms with Crippen molar-refractivity contribution in [2.24, 2.45) is 0 Å². The molecule has 1 unspecified atom stereocenters. The number of ether oxygens (including phenoxy) is 2. The Kier molecular flexibility index (Phi) is 4.83. The number of hydrogen-bond donors (Lipinski definition) is 0. The van der Waals surface area contributed by atoms with E-state index in [1.807, 2.05) is 6.92 Å². The molecule has 0 radical (unpaired) electrons. The standard InChI is InChI=1S/C17H13BrF4O2/c1-2-5-23-11-7-8-6-9(3-4-10(8)11)24-17-15(21)13(19)12(18)14(20)16(17)22/h3-4,6,11H,2,5,7H2,1H3. The van der Waals surface area contributed by atoms with E-state index in [2.05, 4.69) is 15.9 Å². The molecule has 24 heavy (non-hydrogen) atoms. The minimum Gasteiger partial charge on any atom is -0.451 e. The van der Waals surface area contributed by atoms with Crippen LogP contribution in [-0.4, -0.2) is 6.61 Å². The van der Waals surface area contributed by atoms with E-state index in [4.69, 9.17) is 9.47 Å². The highest BCUT2D eigenvalue weighted by Crippen LogP contribution is 2.40. The Morgan fingerprint density at radius 2 is 1.75 bits per heavy atom. The summed E-state index contributed by atoms with van der Waals surface area (Å²) in [6, 6.07) is 4.78. The smallest absolute Gasteiger partial charge is 0.205 e. The third-order valence-corrected chi connectivity index (χ3v) is 4.48. The molecule has 0 spiro atoms. The number of halogens is 5. The summed E-state index contributed by atoms with van der Waals surface area (Å²) in [7, 11) is 0. The van der Waals surface area contributed by atoms with Crippen LogP contribution < -0.4 is 4.74 Å². The van der Waals surface area contributed by atoms with Gasteiger partial charge in [-0.15, -0.1) is 0 Å². The molecule has 0 N–H and O–H groups in total. The summed E-state index contributed by atoms with van der Waals surface area (Å²) < 4.78 is 64.5. The molecular weight excluding hydrogens is 392 g/mol. The molecule has 1 aliphatic rings. The van der Waals surface area contributed by atoms with Gasteiger partial charge < -0.3 is 9.47 Å². The van der Waals surface area contributed by atoms with Crippen LogP contribution in [0, 0.1) is 23.3 Å². The largest absolute Gasteiger partial charge is 0.451 e. The summed E-state index contributed by atoms with van der Waals surface area (Å²) >= 11 is 2.46. The summed E-state index contributed by atoms with van der Waals surface area (Å²) in [5.74, 6) is -7.27. The number of benzene rings is 2. The van der Waals surface area contributed by atoms with Gasteiger partial charge in [-0.1, -0.05) is 13.0 Å². The van der Waals surface area contributed by atoms with Crippen LogP contribution in [0.1, 0.15) is 30.6 Å². The number of hydrogen-bond acceptors (Lipinski definition) is 2. The van der Waals surface area contributed by atoms with Gasteiger partial charge in [-0.05, 0) is 45.6 Å². The third kappa shape index (κ3) is 2.91. The first-order chi connectivity index (χ1) is 11.4. The molecule has 0 heterocycles. The predicted octanol–water partition coefficient (Wildman–Crippen LogP) is 5.82. The maximum absolute atomic E-state index is 13.8. The van der Waals surface area contributed by atoms with E-state index in [0.717, 1.165) is 17.5 Å². The zero-order valence-electron chi connectivity index (χ0n) is 12.6. The fraction of sp³-hybridized carbons (Fsp3) is 0.294. The SMILES string of the molecule is CCCOC1Cc2cc(Oc3c(F)c(F)c(Br)c(F)c3F)ccc21. The Balaban J connectivity index is 1.85. The van der Waals surface area contributed by atoms with Crippen LogP contribution in [0.2, 0.25) is 0 Å². The number of fused-ring (bicyclic) bond motifs is 1. The fourth-order valence-corrected chi connectivity index (χ4v) is 2.86. The van der Waals surface area contributed by atoms with E-state index in [0.29, 0.717) is 13.0 Å². The Morgan fingerprint density at radius 3 is 2.33 bits per heavy atom. The molecule has 0 saturated heterocycles. The molecule has 2 aromatic rings. The Labute approximate surface area is 144 Å². The highest BCUT2D eigenvalue weighted by atomic mass is 79.9. The first-order valence-electron chi connectivity index (χ1n) is 7.37. The van der Waals surface area contributed by atoms with Gasteiger partial charge in [-0.25, -0.2) is 8.78 Å². The van der Waals surface area contributed by atoms with Crippen molar-refractivity contribution in [2.75, 3.05) is 6.61 Å². The lowest BCUT2D eigenvalue weighted by Crippen LogP contribution is -2.20. The minimum absolute atomic E-state index is 0.00467. The molecule has 1 aliphatic carbocycles. The highest BCUT2D eigenvalue weighted by molar-refractivity contribution is 9.10. The maximum atomic E-state index is 13.8. The molecule has 2 nitrogen and oxygen atoms in total. The second-order valence-corrected chi connectivity index (χ2v) is 6.22. The van der Waals surface area contributed by atoms with Crippen molar-refractivity contribution >= 4 is 15.9 Å². The Hall–Kier alpha value is -1.60. The van der Waals surface area contributed by atoms with Crippen molar-refractivity contribution in [3.63, 3.8) is 0 Å². The molecule has 3 rings (SSSR count). The molecule has 0 aliphatic heterocycles. The molecule has 0 bridgehead atoms. The lowest BCUT2D eigenvalue weighted by Gasteiger charge is -2.30. The predicted molar refractivity (Wildman–Crippen MR) is 83.2 cm³/mol. The number of rotatable bonds is 5. The van der Waals surface area contributed by atoms with Crippen LogP contribution in [0.5, 0.6) is 11.5 Å². The molecule has 128 valence electrons. The second kappa shape index (κ2) is 6.72. The van der Waals surface area contributed by atoms with Gasteiger partial charge in [-0.2, -0.15) is 8.78 Å². The average molecular weight is 405 g/mol. The van der Waals surface area contributed by atoms with Crippen LogP contribution in [0.3, 0.4) is 0 Å². The molecule has 0 aromatic heterocycles. The van der Waals surface area contributed by atoms with E-state index in [1.54, 1.807) is 12.1 Å². The highest BCUT2D eigenvalue weighted by Gasteiger charge is 2.29. The van der Waals surface area contributed by atoms with Gasteiger partial charge in [0.05, 0.1) is 10.6 Å². The molecule has 0 saturated carbocycles. The maximum Gasteiger partial charge on any atom is 0.205 e. The summed E-state index contributed by atoms with van der Waals surface area (Å²) in [6.07, 6.45) is 1.57. The third-order valence-electron chi connectivity index (χ3n) is 3.78. The van der Waals surface area contributed by atoms with Gasteiger partial charge in [-0.3, -0.25) is 0 Å². The van der Waals surface area contributed by atoms with E-state index in [1.165, 1.54) is 6.07 Å². The van der Waals surface area contributed by atoms with Crippen molar-refractivity contribution in [3.8, 4) is 11.5 Å². The first kappa shape index (κ1) is 17.2. The second-order valence-electron chi connectivity index (χ2n) is 5.43. The van der Waals surface area contributed by atoms with Crippen molar-refractivity contribution in [2.45, 2.75) is 25.9 Å². The zero-order chi connectivity index (χ0) is 17.4. The Morgan fingerprint density at radius 1 is 1.08 bits per heavy atom. The average Bonchev–Trinajstić information content (AvgIpc) is 2.56. The lowest BCUT2D eigenvalue weighted by atomic mass is 9.85. The van der Waals surface area contributed by atoms with Crippen LogP contribution in [0.25, 0.3) is 0 Å². The Bertz CT molecular complexity index is 766. The van der Waals surface area contributed by atoms with Crippen molar-refractivity contribution in [1.82, 2.24) is 0 Å². The van der Waals surface area contributed by atoms with Gasteiger partial charge in [0.15, 0.2) is 11.6 Å². The van der Waals surface area contributed by atoms with E-state index in [9.17, 15) is 17.6 Å². The molecule has 2 aromatic carbocycles. The topological polar surface area (TPSA) is 18.5 Å². The normalized spacial score (nSPS) is 15.8. The molecule has 0 amide bonds. The van der Waals surface area contributed by atoms with Gasteiger partial charge in [0.1, 0.15) is 5.75 Å². The molecular formula is C17H13BrF4O2. The fourth-order valence-electron chi connectivity index (χ4n) is 2.52. The van der Waals surface area contributed by atoms with Crippen LogP contribution in [0.15, 0.2) is 22.7 Å². The van der Waals surface area contributed by atoms with Gasteiger partial charge in [0.2, 0.25) is 17.4 Å². The van der Waals surface area contributed by atoms with E-state index >= 15 is 0 Å². The molecule has 0 fully saturated rings. The summed E-state index contributed by atoms with van der Waals surface area (Å²) in [5, 5.41) is 0. The molecule has 7 heteroatoms. The van der Waals surface area contributed by atoms with E-state index < -0.39 is 33.5 Å². The van der Waals surface area contributed by atoms with Crippen LogP contribution in [-0.2, 0) is 11.2 Å². The summed E-state index contributed by atoms with van der Waals surface area (Å²) in [5.41, 5.74) is 1.89. The van der Waals surface area contributed by atoms with Crippen molar-refractivity contribution in [3.05, 3.63) is 57.1 Å². The summed E-state index contributed by atoms with van der Waals surface area (Å²) in [4.78, 5) is 0. The van der Waals surface area contributed by atoms with Crippen LogP contribution >= 0.6 is 15.9 Å². The lowest BCUT2D eigenvalue weighted by molar-refractivity contribution is 0.0373. The quantitative estimate of drug-likeness (QED) is 0.355. The van der Waals surface area contributed by atoms with E-state index in [-0.39, 0.29) is 11.9 Å². The van der Waals surface area contributed by atoms with Crippen LogP contribution in [0.4, 0.5) is 17.6 Å². The van der Waals surface area contributed by atoms with Gasteiger partial charge >= 0.3 is 0 Å². The molecule has 1 atom stereocenters. The summed E-state index contributed by atoms with van der Waals surface area (Å²) in [6.45, 7) is 2.66.